The average Bonchev–Trinajstić information content (AvgIpc) is 2.90. The first kappa shape index (κ1) is 24.5. The summed E-state index contributed by atoms with van der Waals surface area (Å²) in [5, 5.41) is 0. The van der Waals surface area contributed by atoms with E-state index in [-0.39, 0.29) is 35.0 Å². The van der Waals surface area contributed by atoms with E-state index in [9.17, 15) is 9.18 Å². The second kappa shape index (κ2) is 9.71. The Kier molecular flexibility index (Phi) is 6.44. The lowest BCUT2D eigenvalue weighted by Gasteiger charge is -2.48. The molecule has 9 heteroatoms. The molecule has 0 spiro atoms. The first-order chi connectivity index (χ1) is 17.8. The van der Waals surface area contributed by atoms with Gasteiger partial charge in [0.25, 0.3) is 11.4 Å². The van der Waals surface area contributed by atoms with E-state index in [2.05, 4.69) is 24.6 Å². The van der Waals surface area contributed by atoms with Crippen LogP contribution in [0.2, 0.25) is 0 Å². The molecule has 1 aliphatic heterocycles. The van der Waals surface area contributed by atoms with Gasteiger partial charge >= 0.3 is 0 Å². The molecule has 0 radical (unpaired) electrons. The van der Waals surface area contributed by atoms with Crippen molar-refractivity contribution in [2.24, 2.45) is 7.05 Å². The van der Waals surface area contributed by atoms with Crippen molar-refractivity contribution in [3.63, 3.8) is 0 Å². The number of aryl methyl sites for hydroxylation is 1. The molecule has 1 aliphatic rings. The maximum atomic E-state index is 15.0. The van der Waals surface area contributed by atoms with Gasteiger partial charge in [-0.2, -0.15) is 0 Å². The van der Waals surface area contributed by atoms with E-state index in [0.29, 0.717) is 29.8 Å². The van der Waals surface area contributed by atoms with Gasteiger partial charge in [0.05, 0.1) is 22.9 Å². The molecular weight excluding hydrogens is 474 g/mol. The minimum atomic E-state index is -0.520. The fourth-order valence-corrected chi connectivity index (χ4v) is 5.18. The van der Waals surface area contributed by atoms with Crippen LogP contribution >= 0.6 is 0 Å². The molecule has 1 unspecified atom stereocenters. The summed E-state index contributed by atoms with van der Waals surface area (Å²) in [6, 6.07) is 13.3. The lowest BCUT2D eigenvalue weighted by molar-refractivity contribution is 0.125. The molecule has 1 aromatic carbocycles. The Morgan fingerprint density at radius 2 is 1.81 bits per heavy atom. The number of aromatic nitrogens is 3. The molecule has 1 saturated heterocycles. The van der Waals surface area contributed by atoms with Crippen molar-refractivity contribution in [1.29, 1.82) is 0 Å². The number of nitrogens with zero attached hydrogens (tertiary/aromatic N) is 6. The summed E-state index contributed by atoms with van der Waals surface area (Å²) >= 11 is 0. The van der Waals surface area contributed by atoms with Crippen LogP contribution in [0.25, 0.3) is 15.9 Å². The number of rotatable bonds is 4. The third-order valence-corrected chi connectivity index (χ3v) is 7.08. The number of benzene rings is 1. The van der Waals surface area contributed by atoms with Gasteiger partial charge in [0.15, 0.2) is 0 Å². The Morgan fingerprint density at radius 1 is 1.05 bits per heavy atom. The summed E-state index contributed by atoms with van der Waals surface area (Å²) in [6.07, 6.45) is 1.56. The molecule has 4 aromatic rings. The number of fused-ring (bicyclic) bond motifs is 1. The Balaban J connectivity index is 1.57. The maximum Gasteiger partial charge on any atom is 0.270 e. The highest BCUT2D eigenvalue weighted by molar-refractivity contribution is 5.89. The van der Waals surface area contributed by atoms with Crippen LogP contribution in [0, 0.1) is 18.2 Å². The van der Waals surface area contributed by atoms with Gasteiger partial charge in [0, 0.05) is 44.5 Å². The zero-order valence-corrected chi connectivity index (χ0v) is 20.8. The van der Waals surface area contributed by atoms with E-state index in [1.54, 1.807) is 49.6 Å². The second-order valence-corrected chi connectivity index (χ2v) is 9.45. The second-order valence-electron chi connectivity index (χ2n) is 9.45. The normalized spacial score (nSPS) is 19.1. The molecule has 3 atom stereocenters. The van der Waals surface area contributed by atoms with E-state index < -0.39 is 11.9 Å². The lowest BCUT2D eigenvalue weighted by Crippen LogP contribution is -2.58. The zero-order valence-electron chi connectivity index (χ0n) is 20.8. The Bertz CT molecular complexity index is 1560. The summed E-state index contributed by atoms with van der Waals surface area (Å²) in [4.78, 5) is 29.5. The maximum absolute atomic E-state index is 15.0. The van der Waals surface area contributed by atoms with Gasteiger partial charge in [0.2, 0.25) is 5.52 Å². The predicted molar refractivity (Wildman–Crippen MR) is 139 cm³/mol. The number of pyridine rings is 3. The minimum absolute atomic E-state index is 0.0837. The van der Waals surface area contributed by atoms with Crippen molar-refractivity contribution in [1.82, 2.24) is 19.4 Å². The SMILES string of the molecule is [C-]#[N+]c1ccc2c(n1)c(N1C[C@@H](C)N(C(c3ccc(F)cc3)c3ncccc3F)C[C@@H]1C)cc(=O)n2C. The molecule has 188 valence electrons. The largest absolute Gasteiger partial charge is 0.362 e. The van der Waals surface area contributed by atoms with E-state index in [4.69, 9.17) is 6.57 Å². The molecule has 3 aromatic heterocycles. The average molecular weight is 501 g/mol. The third-order valence-electron chi connectivity index (χ3n) is 7.08. The molecule has 0 amide bonds. The fraction of sp³-hybridized carbons (Fsp3) is 0.286. The molecule has 0 bridgehead atoms. The molecule has 7 nitrogen and oxygen atoms in total. The number of hydrogen-bond acceptors (Lipinski definition) is 5. The van der Waals surface area contributed by atoms with Crippen molar-refractivity contribution in [2.45, 2.75) is 32.0 Å². The van der Waals surface area contributed by atoms with Gasteiger partial charge < -0.3 is 14.3 Å². The van der Waals surface area contributed by atoms with Crippen LogP contribution < -0.4 is 10.5 Å². The smallest absolute Gasteiger partial charge is 0.270 e. The van der Waals surface area contributed by atoms with Crippen molar-refractivity contribution >= 4 is 22.5 Å². The van der Waals surface area contributed by atoms with Crippen LogP contribution in [0.4, 0.5) is 20.3 Å². The minimum Gasteiger partial charge on any atom is -0.362 e. The van der Waals surface area contributed by atoms with Gasteiger partial charge in [-0.3, -0.25) is 14.7 Å². The monoisotopic (exact) mass is 500 g/mol. The van der Waals surface area contributed by atoms with Crippen molar-refractivity contribution in [3.05, 3.63) is 105 Å². The summed E-state index contributed by atoms with van der Waals surface area (Å²) in [7, 11) is 1.69. The molecule has 5 rings (SSSR count). The van der Waals surface area contributed by atoms with E-state index in [0.717, 1.165) is 5.56 Å². The summed E-state index contributed by atoms with van der Waals surface area (Å²) in [5.41, 5.74) is 2.77. The fourth-order valence-electron chi connectivity index (χ4n) is 5.18. The molecule has 4 heterocycles. The Morgan fingerprint density at radius 3 is 2.51 bits per heavy atom. The predicted octanol–water partition coefficient (Wildman–Crippen LogP) is 4.85. The third kappa shape index (κ3) is 4.45. The number of hydrogen-bond donors (Lipinski definition) is 0. The summed E-state index contributed by atoms with van der Waals surface area (Å²) in [5.74, 6) is -0.527. The van der Waals surface area contributed by atoms with E-state index in [1.165, 1.54) is 22.8 Å². The summed E-state index contributed by atoms with van der Waals surface area (Å²) in [6.45, 7) is 12.5. The first-order valence-corrected chi connectivity index (χ1v) is 12.0. The molecule has 0 N–H and O–H groups in total. The van der Waals surface area contributed by atoms with Gasteiger partial charge in [0.1, 0.15) is 11.6 Å². The highest BCUT2D eigenvalue weighted by atomic mass is 19.1. The van der Waals surface area contributed by atoms with Gasteiger partial charge in [-0.1, -0.05) is 18.7 Å². The van der Waals surface area contributed by atoms with E-state index >= 15 is 4.39 Å². The first-order valence-electron chi connectivity index (χ1n) is 12.0. The van der Waals surface area contributed by atoms with Crippen molar-refractivity contribution in [2.75, 3.05) is 18.0 Å². The van der Waals surface area contributed by atoms with Crippen LogP contribution in [-0.2, 0) is 7.05 Å². The van der Waals surface area contributed by atoms with Crippen molar-refractivity contribution < 1.29 is 8.78 Å². The number of halogens is 2. The molecule has 0 aliphatic carbocycles. The standard InChI is InChI=1S/C28H26F2N6O/c1-17-16-36(28(19-7-9-20(29)10-8-19)26-21(30)6-5-13-32-26)18(2)15-35(17)23-14-25(37)34(4)22-11-12-24(31-3)33-27(22)23/h5-14,17-18,28H,15-16H2,1-2,4H3/t17-,18+,28?/m0/s1. The number of piperazine rings is 1. The van der Waals surface area contributed by atoms with Crippen LogP contribution in [0.5, 0.6) is 0 Å². The van der Waals surface area contributed by atoms with Crippen LogP contribution in [-0.4, -0.2) is 44.6 Å². The highest BCUT2D eigenvalue weighted by Gasteiger charge is 2.37. The Labute approximate surface area is 213 Å². The topological polar surface area (TPSA) is 58.6 Å². The van der Waals surface area contributed by atoms with Crippen molar-refractivity contribution in [3.8, 4) is 0 Å². The van der Waals surface area contributed by atoms with Crippen LogP contribution in [0.1, 0.15) is 31.1 Å². The quantitative estimate of drug-likeness (QED) is 0.375. The van der Waals surface area contributed by atoms with Gasteiger partial charge in [-0.05, 0) is 55.8 Å². The Hall–Kier alpha value is -4.16. The molecule has 37 heavy (non-hydrogen) atoms. The molecule has 0 saturated carbocycles. The highest BCUT2D eigenvalue weighted by Crippen LogP contribution is 2.36. The van der Waals surface area contributed by atoms with Crippen LogP contribution in [0.15, 0.2) is 65.6 Å². The van der Waals surface area contributed by atoms with Gasteiger partial charge in [-0.25, -0.2) is 8.78 Å². The van der Waals surface area contributed by atoms with E-state index in [1.807, 2.05) is 13.8 Å². The zero-order chi connectivity index (χ0) is 26.3. The molecular formula is C28H26F2N6O. The molecule has 1 fully saturated rings. The van der Waals surface area contributed by atoms with Crippen LogP contribution in [0.3, 0.4) is 0 Å². The van der Waals surface area contributed by atoms with Gasteiger partial charge in [-0.15, -0.1) is 4.98 Å². The summed E-state index contributed by atoms with van der Waals surface area (Å²) < 4.78 is 30.3. The lowest BCUT2D eigenvalue weighted by atomic mass is 9.96. The number of anilines is 1.